The van der Waals surface area contributed by atoms with Gasteiger partial charge in [0.25, 0.3) is 0 Å². The normalized spacial score (nSPS) is 10.1. The third-order valence-corrected chi connectivity index (χ3v) is 1.94. The molecule has 0 saturated heterocycles. The predicted octanol–water partition coefficient (Wildman–Crippen LogP) is 3.89. The summed E-state index contributed by atoms with van der Waals surface area (Å²) in [6.07, 6.45) is 7.40. The Labute approximate surface area is 110 Å². The average Bonchev–Trinajstić information content (AvgIpc) is 2.38. The van der Waals surface area contributed by atoms with Crippen molar-refractivity contribution in [3.63, 3.8) is 0 Å². The van der Waals surface area contributed by atoms with Crippen LogP contribution in [0.4, 0.5) is 5.69 Å². The van der Waals surface area contributed by atoms with Gasteiger partial charge in [0.2, 0.25) is 0 Å². The van der Waals surface area contributed by atoms with Gasteiger partial charge in [0, 0.05) is 11.4 Å². The van der Waals surface area contributed by atoms with Crippen LogP contribution in [-0.2, 0) is 0 Å². The first-order valence-electron chi connectivity index (χ1n) is 5.93. The average molecular weight is 242 g/mol. The van der Waals surface area contributed by atoms with Gasteiger partial charge in [-0.2, -0.15) is 0 Å². The number of anilines is 1. The quantitative estimate of drug-likeness (QED) is 0.621. The summed E-state index contributed by atoms with van der Waals surface area (Å²) in [7, 11) is 0. The predicted molar refractivity (Wildman–Crippen MR) is 82.8 cm³/mol. The Morgan fingerprint density at radius 3 is 2.06 bits per heavy atom. The van der Waals surface area contributed by atoms with E-state index in [1.54, 1.807) is 6.08 Å². The molecule has 1 aromatic carbocycles. The van der Waals surface area contributed by atoms with Gasteiger partial charge >= 0.3 is 0 Å². The van der Waals surface area contributed by atoms with Crippen molar-refractivity contribution in [2.75, 3.05) is 5.73 Å². The zero-order valence-corrected chi connectivity index (χ0v) is 11.2. The lowest BCUT2D eigenvalue weighted by molar-refractivity contribution is 1.45. The second-order valence-corrected chi connectivity index (χ2v) is 3.48. The Morgan fingerprint density at radius 2 is 1.56 bits per heavy atom. The first-order valence-corrected chi connectivity index (χ1v) is 5.93. The highest BCUT2D eigenvalue weighted by atomic mass is 14.5. The summed E-state index contributed by atoms with van der Waals surface area (Å²) in [5.74, 6) is 0. The lowest BCUT2D eigenvalue weighted by Crippen LogP contribution is -1.88. The van der Waals surface area contributed by atoms with Gasteiger partial charge in [-0.15, -0.1) is 0 Å². The van der Waals surface area contributed by atoms with E-state index in [1.165, 1.54) is 0 Å². The van der Waals surface area contributed by atoms with Crippen LogP contribution < -0.4 is 11.5 Å². The second kappa shape index (κ2) is 8.88. The van der Waals surface area contributed by atoms with Crippen LogP contribution in [0.5, 0.6) is 0 Å². The highest BCUT2D eigenvalue weighted by Crippen LogP contribution is 2.08. The number of nitrogens with two attached hydrogens (primary N) is 2. The molecule has 0 spiro atoms. The number of benzene rings is 1. The molecule has 0 aliphatic rings. The maximum atomic E-state index is 5.59. The van der Waals surface area contributed by atoms with E-state index >= 15 is 0 Å². The summed E-state index contributed by atoms with van der Waals surface area (Å²) in [4.78, 5) is 0. The van der Waals surface area contributed by atoms with Crippen LogP contribution in [-0.4, -0.2) is 0 Å². The molecule has 1 rings (SSSR count). The van der Waals surface area contributed by atoms with Crippen LogP contribution in [0, 0.1) is 0 Å². The van der Waals surface area contributed by atoms with Gasteiger partial charge in [-0.25, -0.2) is 0 Å². The van der Waals surface area contributed by atoms with E-state index in [4.69, 9.17) is 11.5 Å². The highest BCUT2D eigenvalue weighted by molar-refractivity contribution is 5.56. The van der Waals surface area contributed by atoms with Crippen molar-refractivity contribution in [3.8, 4) is 0 Å². The number of hydrogen-bond donors (Lipinski definition) is 2. The zero-order valence-electron chi connectivity index (χ0n) is 11.2. The fourth-order valence-electron chi connectivity index (χ4n) is 1.08. The second-order valence-electron chi connectivity index (χ2n) is 3.48. The van der Waals surface area contributed by atoms with Crippen LogP contribution in [0.15, 0.2) is 66.9 Å². The number of hydrogen-bond acceptors (Lipinski definition) is 2. The van der Waals surface area contributed by atoms with Crippen molar-refractivity contribution in [1.29, 1.82) is 0 Å². The van der Waals surface area contributed by atoms with E-state index in [1.807, 2.05) is 56.3 Å². The van der Waals surface area contributed by atoms with Crippen molar-refractivity contribution in [2.24, 2.45) is 5.73 Å². The van der Waals surface area contributed by atoms with Crippen molar-refractivity contribution in [2.45, 2.75) is 13.8 Å². The zero-order chi connectivity index (χ0) is 14.0. The maximum Gasteiger partial charge on any atom is 0.0314 e. The molecule has 0 atom stereocenters. The minimum absolute atomic E-state index is 0.516. The van der Waals surface area contributed by atoms with E-state index < -0.39 is 0 Å². The summed E-state index contributed by atoms with van der Waals surface area (Å²) < 4.78 is 0. The van der Waals surface area contributed by atoms with E-state index in [2.05, 4.69) is 13.2 Å². The molecule has 0 aliphatic carbocycles. The van der Waals surface area contributed by atoms with Crippen molar-refractivity contribution >= 4 is 11.8 Å². The molecule has 2 nitrogen and oxygen atoms in total. The lowest BCUT2D eigenvalue weighted by atomic mass is 10.1. The summed E-state index contributed by atoms with van der Waals surface area (Å²) in [5, 5.41) is 0. The van der Waals surface area contributed by atoms with Gasteiger partial charge in [0.15, 0.2) is 0 Å². The number of nitrogen functional groups attached to an aromatic ring is 1. The SMILES string of the molecule is C=C(N)/C=C\C(=C)/C=C/c1ccc(N)cc1.CC. The van der Waals surface area contributed by atoms with Crippen LogP contribution in [0.25, 0.3) is 6.08 Å². The van der Waals surface area contributed by atoms with Gasteiger partial charge in [0.1, 0.15) is 0 Å². The molecule has 0 unspecified atom stereocenters. The van der Waals surface area contributed by atoms with Crippen molar-refractivity contribution < 1.29 is 0 Å². The van der Waals surface area contributed by atoms with Crippen LogP contribution in [0.3, 0.4) is 0 Å². The number of rotatable bonds is 4. The fraction of sp³-hybridized carbons (Fsp3) is 0.125. The van der Waals surface area contributed by atoms with Gasteiger partial charge in [-0.1, -0.05) is 57.4 Å². The van der Waals surface area contributed by atoms with E-state index in [9.17, 15) is 0 Å². The Hall–Kier alpha value is -2.22. The maximum absolute atomic E-state index is 5.59. The van der Waals surface area contributed by atoms with Gasteiger partial charge < -0.3 is 11.5 Å². The third kappa shape index (κ3) is 7.12. The smallest absolute Gasteiger partial charge is 0.0314 e. The fourth-order valence-corrected chi connectivity index (χ4v) is 1.08. The summed E-state index contributed by atoms with van der Waals surface area (Å²) in [6.45, 7) is 11.4. The molecule has 1 aromatic rings. The first-order chi connectivity index (χ1) is 8.58. The minimum Gasteiger partial charge on any atom is -0.399 e. The largest absolute Gasteiger partial charge is 0.399 e. The van der Waals surface area contributed by atoms with Crippen LogP contribution in [0.1, 0.15) is 19.4 Å². The Balaban J connectivity index is 0.00000137. The number of allylic oxidation sites excluding steroid dienone is 4. The molecule has 0 fully saturated rings. The standard InChI is InChI=1S/C14H16N2.C2H6/c1-11(3-5-12(2)15)4-6-13-7-9-14(16)10-8-13;1-2/h3-10H,1-2,15-16H2;1-2H3/b5-3-,6-4+;. The summed E-state index contributed by atoms with van der Waals surface area (Å²) in [5.41, 5.74) is 14.2. The van der Waals surface area contributed by atoms with Crippen LogP contribution >= 0.6 is 0 Å². The molecule has 0 saturated carbocycles. The Bertz CT molecular complexity index is 437. The molecule has 18 heavy (non-hydrogen) atoms. The molecule has 0 radical (unpaired) electrons. The molecule has 96 valence electrons. The van der Waals surface area contributed by atoms with E-state index in [0.717, 1.165) is 16.8 Å². The molecule has 0 aromatic heterocycles. The third-order valence-electron chi connectivity index (χ3n) is 1.94. The Morgan fingerprint density at radius 1 is 1.00 bits per heavy atom. The summed E-state index contributed by atoms with van der Waals surface area (Å²) in [6, 6.07) is 7.62. The molecule has 4 N–H and O–H groups in total. The van der Waals surface area contributed by atoms with Crippen LogP contribution in [0.2, 0.25) is 0 Å². The summed E-state index contributed by atoms with van der Waals surface area (Å²) >= 11 is 0. The molecular formula is C16H22N2. The Kier molecular flexibility index (Phi) is 7.78. The minimum atomic E-state index is 0.516. The molecular weight excluding hydrogens is 220 g/mol. The highest BCUT2D eigenvalue weighted by Gasteiger charge is 1.87. The van der Waals surface area contributed by atoms with Crippen molar-refractivity contribution in [1.82, 2.24) is 0 Å². The molecule has 0 aliphatic heterocycles. The lowest BCUT2D eigenvalue weighted by Gasteiger charge is -1.95. The molecule has 2 heteroatoms. The topological polar surface area (TPSA) is 52.0 Å². The van der Waals surface area contributed by atoms with E-state index in [0.29, 0.717) is 5.70 Å². The molecule has 0 heterocycles. The monoisotopic (exact) mass is 242 g/mol. The van der Waals surface area contributed by atoms with Gasteiger partial charge in [-0.3, -0.25) is 0 Å². The molecule has 0 amide bonds. The van der Waals surface area contributed by atoms with Gasteiger partial charge in [0.05, 0.1) is 0 Å². The first kappa shape index (κ1) is 15.8. The molecule has 0 bridgehead atoms. The van der Waals surface area contributed by atoms with Crippen molar-refractivity contribution in [3.05, 3.63) is 72.5 Å². The van der Waals surface area contributed by atoms with E-state index in [-0.39, 0.29) is 0 Å². The van der Waals surface area contributed by atoms with Gasteiger partial charge in [-0.05, 0) is 29.3 Å².